The average molecular weight is 289 g/mol. The number of methoxy groups -OCH3 is 1. The number of hydrogen-bond acceptors (Lipinski definition) is 3. The van der Waals surface area contributed by atoms with Crippen LogP contribution < -0.4 is 5.32 Å². The number of nitrogens with one attached hydrogen (secondary N) is 1. The summed E-state index contributed by atoms with van der Waals surface area (Å²) in [4.78, 5) is 0. The van der Waals surface area contributed by atoms with Gasteiger partial charge in [-0.3, -0.25) is 0 Å². The molecular formula is C17H23NOS. The maximum atomic E-state index is 5.09. The molecule has 0 bridgehead atoms. The Morgan fingerprint density at radius 1 is 1.20 bits per heavy atom. The average Bonchev–Trinajstić information content (AvgIpc) is 2.96. The van der Waals surface area contributed by atoms with Gasteiger partial charge in [0.2, 0.25) is 0 Å². The molecule has 0 saturated carbocycles. The minimum atomic E-state index is 0.516. The van der Waals surface area contributed by atoms with Gasteiger partial charge in [0.05, 0.1) is 6.61 Å². The number of benzene rings is 1. The van der Waals surface area contributed by atoms with Gasteiger partial charge in [-0.25, -0.2) is 0 Å². The number of hydrogen-bond donors (Lipinski definition) is 1. The Kier molecular flexibility index (Phi) is 6.25. The highest BCUT2D eigenvalue weighted by atomic mass is 32.1. The highest BCUT2D eigenvalue weighted by molar-refractivity contribution is 7.07. The summed E-state index contributed by atoms with van der Waals surface area (Å²) >= 11 is 1.77. The van der Waals surface area contributed by atoms with Crippen LogP contribution in [0.25, 0.3) is 0 Å². The fourth-order valence-electron chi connectivity index (χ4n) is 2.29. The fraction of sp³-hybridized carbons (Fsp3) is 0.412. The van der Waals surface area contributed by atoms with Crippen molar-refractivity contribution in [2.45, 2.75) is 19.3 Å². The summed E-state index contributed by atoms with van der Waals surface area (Å²) in [6.45, 7) is 4.79. The Hall–Kier alpha value is -1.16. The molecule has 0 radical (unpaired) electrons. The molecule has 108 valence electrons. The molecule has 0 spiro atoms. The fourth-order valence-corrected chi connectivity index (χ4v) is 2.97. The quantitative estimate of drug-likeness (QED) is 0.749. The van der Waals surface area contributed by atoms with Crippen LogP contribution in [-0.4, -0.2) is 26.8 Å². The van der Waals surface area contributed by atoms with E-state index in [1.165, 1.54) is 16.7 Å². The zero-order chi connectivity index (χ0) is 14.2. The molecule has 0 saturated heterocycles. The lowest BCUT2D eigenvalue weighted by Gasteiger charge is -2.18. The van der Waals surface area contributed by atoms with E-state index < -0.39 is 0 Å². The van der Waals surface area contributed by atoms with Crippen LogP contribution in [-0.2, 0) is 11.2 Å². The molecule has 3 heteroatoms. The van der Waals surface area contributed by atoms with Gasteiger partial charge in [0.1, 0.15) is 0 Å². The van der Waals surface area contributed by atoms with Crippen LogP contribution in [0.1, 0.15) is 22.6 Å². The highest BCUT2D eigenvalue weighted by Gasteiger charge is 2.12. The highest BCUT2D eigenvalue weighted by Crippen LogP contribution is 2.22. The molecule has 1 atom stereocenters. The number of aryl methyl sites for hydroxylation is 1. The normalized spacial score (nSPS) is 12.5. The topological polar surface area (TPSA) is 21.3 Å². The number of rotatable bonds is 8. The molecule has 20 heavy (non-hydrogen) atoms. The van der Waals surface area contributed by atoms with E-state index in [2.05, 4.69) is 53.3 Å². The lowest BCUT2D eigenvalue weighted by molar-refractivity contribution is 0.199. The van der Waals surface area contributed by atoms with Gasteiger partial charge < -0.3 is 10.1 Å². The van der Waals surface area contributed by atoms with Gasteiger partial charge in [-0.15, -0.1) is 0 Å². The van der Waals surface area contributed by atoms with Crippen molar-refractivity contribution in [1.82, 2.24) is 5.32 Å². The van der Waals surface area contributed by atoms with Crippen molar-refractivity contribution in [3.05, 3.63) is 57.8 Å². The summed E-state index contributed by atoms with van der Waals surface area (Å²) in [5, 5.41) is 7.89. The number of ether oxygens (including phenoxy) is 1. The predicted octanol–water partition coefficient (Wildman–Crippen LogP) is 3.62. The van der Waals surface area contributed by atoms with E-state index >= 15 is 0 Å². The maximum absolute atomic E-state index is 5.09. The Labute approximate surface area is 125 Å². The van der Waals surface area contributed by atoms with Crippen molar-refractivity contribution in [3.63, 3.8) is 0 Å². The third-order valence-electron chi connectivity index (χ3n) is 3.48. The van der Waals surface area contributed by atoms with Crippen LogP contribution >= 0.6 is 11.3 Å². The molecule has 1 N–H and O–H groups in total. The van der Waals surface area contributed by atoms with Crippen molar-refractivity contribution >= 4 is 11.3 Å². The molecule has 1 aromatic carbocycles. The van der Waals surface area contributed by atoms with Crippen molar-refractivity contribution in [2.24, 2.45) is 0 Å². The van der Waals surface area contributed by atoms with Crippen LogP contribution in [0.4, 0.5) is 0 Å². The molecule has 0 aliphatic heterocycles. The first-order valence-electron chi connectivity index (χ1n) is 7.07. The van der Waals surface area contributed by atoms with Crippen LogP contribution in [0.3, 0.4) is 0 Å². The molecule has 2 aromatic rings. The molecule has 2 nitrogen and oxygen atoms in total. The molecule has 0 aliphatic carbocycles. The standard InChI is InChI=1S/C17H23NOS/c1-14-3-5-16(6-4-14)17(12-18-8-9-19-2)11-15-7-10-20-13-15/h3-7,10,13,17-18H,8-9,11-12H2,1-2H3. The van der Waals surface area contributed by atoms with Crippen LogP contribution in [0.2, 0.25) is 0 Å². The van der Waals surface area contributed by atoms with Gasteiger partial charge in [-0.2, -0.15) is 11.3 Å². The molecule has 0 aliphatic rings. The first-order chi connectivity index (χ1) is 9.79. The van der Waals surface area contributed by atoms with E-state index in [0.29, 0.717) is 5.92 Å². The van der Waals surface area contributed by atoms with Gasteiger partial charge in [0.25, 0.3) is 0 Å². The molecule has 0 amide bonds. The maximum Gasteiger partial charge on any atom is 0.0587 e. The zero-order valence-electron chi connectivity index (χ0n) is 12.3. The van der Waals surface area contributed by atoms with E-state index in [0.717, 1.165) is 26.1 Å². The summed E-state index contributed by atoms with van der Waals surface area (Å²) in [6.07, 6.45) is 1.09. The summed E-state index contributed by atoms with van der Waals surface area (Å²) in [5.41, 5.74) is 4.15. The van der Waals surface area contributed by atoms with E-state index in [9.17, 15) is 0 Å². The molecular weight excluding hydrogens is 266 g/mol. The first-order valence-corrected chi connectivity index (χ1v) is 8.01. The third-order valence-corrected chi connectivity index (χ3v) is 4.22. The van der Waals surface area contributed by atoms with Gasteiger partial charge in [0, 0.05) is 26.1 Å². The second-order valence-electron chi connectivity index (χ2n) is 5.14. The van der Waals surface area contributed by atoms with Crippen molar-refractivity contribution < 1.29 is 4.74 Å². The first kappa shape index (κ1) is 15.2. The molecule has 1 aromatic heterocycles. The van der Waals surface area contributed by atoms with Gasteiger partial charge in [-0.1, -0.05) is 29.8 Å². The minimum absolute atomic E-state index is 0.516. The monoisotopic (exact) mass is 289 g/mol. The van der Waals surface area contributed by atoms with E-state index in [1.807, 2.05) is 0 Å². The predicted molar refractivity (Wildman–Crippen MR) is 86.7 cm³/mol. The van der Waals surface area contributed by atoms with E-state index in [-0.39, 0.29) is 0 Å². The summed E-state index contributed by atoms with van der Waals surface area (Å²) < 4.78 is 5.09. The zero-order valence-corrected chi connectivity index (χ0v) is 13.1. The second-order valence-corrected chi connectivity index (χ2v) is 5.92. The summed E-state index contributed by atoms with van der Waals surface area (Å²) in [7, 11) is 1.74. The van der Waals surface area contributed by atoms with Crippen molar-refractivity contribution in [1.29, 1.82) is 0 Å². The summed E-state index contributed by atoms with van der Waals surface area (Å²) in [6, 6.07) is 11.1. The molecule has 1 unspecified atom stereocenters. The Morgan fingerprint density at radius 3 is 2.65 bits per heavy atom. The van der Waals surface area contributed by atoms with Crippen molar-refractivity contribution in [2.75, 3.05) is 26.8 Å². The molecule has 2 rings (SSSR count). The SMILES string of the molecule is COCCNCC(Cc1ccsc1)c1ccc(C)cc1. The van der Waals surface area contributed by atoms with E-state index in [4.69, 9.17) is 4.74 Å². The van der Waals surface area contributed by atoms with Crippen LogP contribution in [0, 0.1) is 6.92 Å². The van der Waals surface area contributed by atoms with Crippen LogP contribution in [0.5, 0.6) is 0 Å². The van der Waals surface area contributed by atoms with Gasteiger partial charge in [-0.05, 0) is 41.3 Å². The molecule has 0 fully saturated rings. The Balaban J connectivity index is 2.00. The van der Waals surface area contributed by atoms with Crippen molar-refractivity contribution in [3.8, 4) is 0 Å². The largest absolute Gasteiger partial charge is 0.383 e. The Morgan fingerprint density at radius 2 is 2.00 bits per heavy atom. The van der Waals surface area contributed by atoms with Gasteiger partial charge in [0.15, 0.2) is 0 Å². The summed E-state index contributed by atoms with van der Waals surface area (Å²) in [5.74, 6) is 0.516. The van der Waals surface area contributed by atoms with Crippen LogP contribution in [0.15, 0.2) is 41.1 Å². The van der Waals surface area contributed by atoms with Gasteiger partial charge >= 0.3 is 0 Å². The lowest BCUT2D eigenvalue weighted by atomic mass is 9.92. The lowest BCUT2D eigenvalue weighted by Crippen LogP contribution is -2.26. The number of thiophene rings is 1. The van der Waals surface area contributed by atoms with E-state index in [1.54, 1.807) is 18.4 Å². The second kappa shape index (κ2) is 8.20. The third kappa shape index (κ3) is 4.75. The molecule has 1 heterocycles. The minimum Gasteiger partial charge on any atom is -0.383 e. The Bertz CT molecular complexity index is 478. The smallest absolute Gasteiger partial charge is 0.0587 e.